The van der Waals surface area contributed by atoms with Crippen LogP contribution in [0.5, 0.6) is 0 Å². The summed E-state index contributed by atoms with van der Waals surface area (Å²) in [5, 5.41) is 12.2. The van der Waals surface area contributed by atoms with E-state index in [1.165, 1.54) is 12.3 Å². The molecule has 0 aromatic carbocycles. The molecule has 7 heteroatoms. The third-order valence-electron chi connectivity index (χ3n) is 3.64. The molecule has 1 aromatic heterocycles. The van der Waals surface area contributed by atoms with Gasteiger partial charge in [-0.25, -0.2) is 9.18 Å². The third-order valence-corrected chi connectivity index (χ3v) is 4.08. The molecule has 5 nitrogen and oxygen atoms in total. The molecule has 0 bridgehead atoms. The Morgan fingerprint density at radius 3 is 2.61 bits per heavy atom. The summed E-state index contributed by atoms with van der Waals surface area (Å²) < 4.78 is 20.1. The molecular weight excluding hydrogens is 365 g/mol. The van der Waals surface area contributed by atoms with Crippen molar-refractivity contribution in [1.82, 2.24) is 10.3 Å². The monoisotopic (exact) mass is 383 g/mol. The molecular formula is C16H19BrFN3O2. The number of carbonyl (C=O) groups is 1. The van der Waals surface area contributed by atoms with E-state index >= 15 is 0 Å². The summed E-state index contributed by atoms with van der Waals surface area (Å²) in [6.45, 7) is 7.27. The van der Waals surface area contributed by atoms with Gasteiger partial charge >= 0.3 is 6.09 Å². The number of nitrogens with one attached hydrogen (secondary N) is 1. The molecule has 1 aromatic rings. The molecule has 1 heterocycles. The lowest BCUT2D eigenvalue weighted by Crippen LogP contribution is -2.57. The van der Waals surface area contributed by atoms with Gasteiger partial charge in [-0.3, -0.25) is 4.98 Å². The number of aromatic nitrogens is 1. The van der Waals surface area contributed by atoms with Crippen LogP contribution in [0.15, 0.2) is 16.7 Å². The van der Waals surface area contributed by atoms with Crippen LogP contribution in [0.2, 0.25) is 0 Å². The average Bonchev–Trinajstić information content (AvgIpc) is 2.33. The maximum absolute atomic E-state index is 14.1. The molecule has 0 unspecified atom stereocenters. The van der Waals surface area contributed by atoms with Crippen LogP contribution < -0.4 is 5.32 Å². The van der Waals surface area contributed by atoms with Crippen molar-refractivity contribution >= 4 is 22.0 Å². The number of hydrogen-bond acceptors (Lipinski definition) is 4. The zero-order valence-corrected chi connectivity index (χ0v) is 15.1. The number of halogens is 2. The molecule has 1 aliphatic rings. The number of nitrogens with zero attached hydrogens (tertiary/aromatic N) is 2. The van der Waals surface area contributed by atoms with E-state index in [4.69, 9.17) is 4.74 Å². The van der Waals surface area contributed by atoms with Gasteiger partial charge in [0.05, 0.1) is 11.8 Å². The van der Waals surface area contributed by atoms with Crippen molar-refractivity contribution in [3.05, 3.63) is 28.2 Å². The van der Waals surface area contributed by atoms with E-state index in [-0.39, 0.29) is 18.5 Å². The molecule has 0 atom stereocenters. The molecule has 1 aliphatic carbocycles. The summed E-state index contributed by atoms with van der Waals surface area (Å²) in [7, 11) is 0. The first-order chi connectivity index (χ1) is 10.5. The molecule has 0 saturated heterocycles. The number of alkyl carbamates (subject to hydrolysis) is 1. The Morgan fingerprint density at radius 1 is 1.52 bits per heavy atom. The number of pyridine rings is 1. The summed E-state index contributed by atoms with van der Waals surface area (Å²) in [5.74, 6) is -0.540. The van der Waals surface area contributed by atoms with Gasteiger partial charge in [0.2, 0.25) is 0 Å². The lowest BCUT2D eigenvalue weighted by Gasteiger charge is -2.49. The van der Waals surface area contributed by atoms with Gasteiger partial charge < -0.3 is 10.1 Å². The fraction of sp³-hybridized carbons (Fsp3) is 0.562. The van der Waals surface area contributed by atoms with Gasteiger partial charge in [0.25, 0.3) is 0 Å². The zero-order valence-electron chi connectivity index (χ0n) is 13.5. The minimum Gasteiger partial charge on any atom is -0.443 e. The molecule has 0 spiro atoms. The quantitative estimate of drug-likeness (QED) is 0.841. The van der Waals surface area contributed by atoms with Crippen molar-refractivity contribution in [2.45, 2.75) is 57.1 Å². The number of carbonyl (C=O) groups excluding carboxylic acids is 1. The van der Waals surface area contributed by atoms with Gasteiger partial charge in [-0.2, -0.15) is 5.26 Å². The van der Waals surface area contributed by atoms with E-state index in [2.05, 4.69) is 32.3 Å². The molecule has 1 saturated carbocycles. The Morgan fingerprint density at radius 2 is 2.13 bits per heavy atom. The second kappa shape index (κ2) is 5.75. The Labute approximate surface area is 143 Å². The highest BCUT2D eigenvalue weighted by molar-refractivity contribution is 9.10. The van der Waals surface area contributed by atoms with Gasteiger partial charge in [-0.05, 0) is 49.7 Å². The zero-order chi connectivity index (χ0) is 17.5. The lowest BCUT2D eigenvalue weighted by molar-refractivity contribution is -0.0697. The lowest BCUT2D eigenvalue weighted by atomic mass is 9.58. The molecule has 23 heavy (non-hydrogen) atoms. The van der Waals surface area contributed by atoms with E-state index in [1.54, 1.807) is 6.92 Å². The Hall–Kier alpha value is -1.68. The van der Waals surface area contributed by atoms with Crippen molar-refractivity contribution in [2.75, 3.05) is 0 Å². The van der Waals surface area contributed by atoms with E-state index in [0.29, 0.717) is 4.47 Å². The smallest absolute Gasteiger partial charge is 0.408 e. The number of hydrogen-bond donors (Lipinski definition) is 1. The average molecular weight is 384 g/mol. The van der Waals surface area contributed by atoms with Crippen LogP contribution >= 0.6 is 15.9 Å². The van der Waals surface area contributed by atoms with Crippen LogP contribution in [0.1, 0.15) is 46.2 Å². The number of amides is 1. The standard InChI is InChI=1S/C16H19BrFN3O2/c1-14(2,3)21-13(22)23-15(4)7-16(8-15,9-19)12-11(18)5-10(17)6-20-12/h5-6H,7-8H2,1-4H3,(H,21,22). The van der Waals surface area contributed by atoms with Crippen LogP contribution in [0.3, 0.4) is 0 Å². The molecule has 0 radical (unpaired) electrons. The molecule has 2 rings (SSSR count). The molecule has 1 amide bonds. The van der Waals surface area contributed by atoms with Crippen LogP contribution in [0.4, 0.5) is 9.18 Å². The SMILES string of the molecule is CC(C)(C)NC(=O)OC1(C)CC(C#N)(c2ncc(Br)cc2F)C1. The Kier molecular flexibility index (Phi) is 4.42. The Bertz CT molecular complexity index is 673. The number of nitriles is 1. The maximum atomic E-state index is 14.1. The second-order valence-electron chi connectivity index (χ2n) is 7.25. The summed E-state index contributed by atoms with van der Waals surface area (Å²) in [6, 6.07) is 3.42. The van der Waals surface area contributed by atoms with Crippen molar-refractivity contribution in [1.29, 1.82) is 5.26 Å². The molecule has 1 N–H and O–H groups in total. The fourth-order valence-corrected chi connectivity index (χ4v) is 3.22. The first kappa shape index (κ1) is 17.7. The maximum Gasteiger partial charge on any atom is 0.408 e. The molecule has 0 aliphatic heterocycles. The minimum absolute atomic E-state index is 0.0977. The van der Waals surface area contributed by atoms with Gasteiger partial charge in [0.1, 0.15) is 16.8 Å². The third kappa shape index (κ3) is 3.81. The second-order valence-corrected chi connectivity index (χ2v) is 8.16. The summed E-state index contributed by atoms with van der Waals surface area (Å²) in [4.78, 5) is 15.9. The summed E-state index contributed by atoms with van der Waals surface area (Å²) >= 11 is 3.14. The van der Waals surface area contributed by atoms with E-state index in [0.717, 1.165) is 0 Å². The largest absolute Gasteiger partial charge is 0.443 e. The van der Waals surface area contributed by atoms with Gasteiger partial charge in [-0.15, -0.1) is 0 Å². The minimum atomic E-state index is -1.07. The van der Waals surface area contributed by atoms with E-state index in [9.17, 15) is 14.4 Å². The summed E-state index contributed by atoms with van der Waals surface area (Å²) in [6.07, 6.45) is 1.33. The Balaban J connectivity index is 2.13. The molecule has 124 valence electrons. The summed E-state index contributed by atoms with van der Waals surface area (Å²) in [5.41, 5.74) is -2.20. The predicted octanol–water partition coefficient (Wildman–Crippen LogP) is 3.82. The van der Waals surface area contributed by atoms with Crippen molar-refractivity contribution in [3.8, 4) is 6.07 Å². The van der Waals surface area contributed by atoms with Crippen LogP contribution in [0.25, 0.3) is 0 Å². The first-order valence-electron chi connectivity index (χ1n) is 7.23. The predicted molar refractivity (Wildman–Crippen MR) is 86.2 cm³/mol. The number of rotatable bonds is 2. The van der Waals surface area contributed by atoms with Crippen molar-refractivity contribution in [3.63, 3.8) is 0 Å². The van der Waals surface area contributed by atoms with Crippen molar-refractivity contribution < 1.29 is 13.9 Å². The number of ether oxygens (including phenoxy) is 1. The highest BCUT2D eigenvalue weighted by Gasteiger charge is 2.58. The molecule has 1 fully saturated rings. The van der Waals surface area contributed by atoms with Crippen LogP contribution in [-0.2, 0) is 10.2 Å². The van der Waals surface area contributed by atoms with Crippen LogP contribution in [-0.4, -0.2) is 22.2 Å². The van der Waals surface area contributed by atoms with Crippen molar-refractivity contribution in [2.24, 2.45) is 0 Å². The first-order valence-corrected chi connectivity index (χ1v) is 8.02. The van der Waals surface area contributed by atoms with Gasteiger partial charge in [0.15, 0.2) is 0 Å². The topological polar surface area (TPSA) is 75.0 Å². The van der Waals surface area contributed by atoms with E-state index in [1.807, 2.05) is 20.8 Å². The van der Waals surface area contributed by atoms with Gasteiger partial charge in [-0.1, -0.05) is 0 Å². The highest BCUT2D eigenvalue weighted by atomic mass is 79.9. The van der Waals surface area contributed by atoms with E-state index < -0.39 is 28.5 Å². The highest BCUT2D eigenvalue weighted by Crippen LogP contribution is 2.52. The normalized spacial score (nSPS) is 26.8. The van der Waals surface area contributed by atoms with Gasteiger partial charge in [0, 0.05) is 29.1 Å². The fourth-order valence-electron chi connectivity index (χ4n) is 2.92. The van der Waals surface area contributed by atoms with Crippen LogP contribution in [0, 0.1) is 17.1 Å².